The zero-order valence-electron chi connectivity index (χ0n) is 12.7. The standard InChI is InChI=1S/C20H20O2/c1-2-3-4-8-11-19(20(21)22)18-14-12-17(13-15-18)16-9-6-5-7-10-16/h4-15H,2-3H2,1H3,(H,21,22). The molecule has 0 heterocycles. The van der Waals surface area contributed by atoms with Crippen molar-refractivity contribution >= 4 is 11.5 Å². The van der Waals surface area contributed by atoms with Gasteiger partial charge in [0, 0.05) is 0 Å². The number of benzene rings is 2. The van der Waals surface area contributed by atoms with Crippen LogP contribution in [0.3, 0.4) is 0 Å². The molecule has 2 heteroatoms. The second kappa shape index (κ2) is 7.99. The van der Waals surface area contributed by atoms with Gasteiger partial charge in [-0.2, -0.15) is 0 Å². The van der Waals surface area contributed by atoms with Crippen LogP contribution in [0.15, 0.2) is 72.8 Å². The first-order valence-electron chi connectivity index (χ1n) is 7.48. The summed E-state index contributed by atoms with van der Waals surface area (Å²) < 4.78 is 0. The van der Waals surface area contributed by atoms with Crippen molar-refractivity contribution in [2.24, 2.45) is 0 Å². The van der Waals surface area contributed by atoms with Crippen molar-refractivity contribution in [2.45, 2.75) is 19.8 Å². The van der Waals surface area contributed by atoms with Crippen LogP contribution in [0.25, 0.3) is 16.7 Å². The largest absolute Gasteiger partial charge is 0.478 e. The molecule has 0 aliphatic carbocycles. The first-order valence-corrected chi connectivity index (χ1v) is 7.48. The predicted molar refractivity (Wildman–Crippen MR) is 91.5 cm³/mol. The van der Waals surface area contributed by atoms with Gasteiger partial charge in [0.2, 0.25) is 0 Å². The van der Waals surface area contributed by atoms with E-state index in [4.69, 9.17) is 0 Å². The minimum atomic E-state index is -0.909. The summed E-state index contributed by atoms with van der Waals surface area (Å²) in [6.07, 6.45) is 7.48. The molecule has 0 aliphatic rings. The lowest BCUT2D eigenvalue weighted by atomic mass is 10.00. The maximum Gasteiger partial charge on any atom is 0.336 e. The van der Waals surface area contributed by atoms with Gasteiger partial charge >= 0.3 is 5.97 Å². The molecule has 0 saturated carbocycles. The minimum Gasteiger partial charge on any atom is -0.478 e. The van der Waals surface area contributed by atoms with Crippen molar-refractivity contribution < 1.29 is 9.90 Å². The Morgan fingerprint density at radius 2 is 1.64 bits per heavy atom. The number of aliphatic carboxylic acids is 1. The van der Waals surface area contributed by atoms with Crippen molar-refractivity contribution in [1.29, 1.82) is 0 Å². The lowest BCUT2D eigenvalue weighted by molar-refractivity contribution is -0.130. The molecule has 0 radical (unpaired) electrons. The highest BCUT2D eigenvalue weighted by molar-refractivity contribution is 6.15. The zero-order chi connectivity index (χ0) is 15.8. The Bertz CT molecular complexity index is 665. The molecule has 2 rings (SSSR count). The van der Waals surface area contributed by atoms with Gasteiger partial charge in [0.15, 0.2) is 0 Å². The van der Waals surface area contributed by atoms with Crippen LogP contribution < -0.4 is 0 Å². The van der Waals surface area contributed by atoms with Gasteiger partial charge in [0.1, 0.15) is 0 Å². The molecule has 2 nitrogen and oxygen atoms in total. The molecule has 0 aromatic heterocycles. The zero-order valence-corrected chi connectivity index (χ0v) is 12.7. The van der Waals surface area contributed by atoms with E-state index in [1.165, 1.54) is 0 Å². The van der Waals surface area contributed by atoms with E-state index in [0.29, 0.717) is 11.1 Å². The Morgan fingerprint density at radius 1 is 1.00 bits per heavy atom. The average Bonchev–Trinajstić information content (AvgIpc) is 2.56. The molecule has 0 saturated heterocycles. The molecule has 2 aromatic rings. The van der Waals surface area contributed by atoms with Gasteiger partial charge in [-0.15, -0.1) is 0 Å². The van der Waals surface area contributed by atoms with E-state index >= 15 is 0 Å². The van der Waals surface area contributed by atoms with E-state index in [1.54, 1.807) is 6.08 Å². The van der Waals surface area contributed by atoms with Gasteiger partial charge < -0.3 is 5.11 Å². The predicted octanol–water partition coefficient (Wildman–Crippen LogP) is 5.18. The maximum atomic E-state index is 11.4. The van der Waals surface area contributed by atoms with Gasteiger partial charge in [-0.25, -0.2) is 4.79 Å². The van der Waals surface area contributed by atoms with Crippen molar-refractivity contribution in [3.8, 4) is 11.1 Å². The summed E-state index contributed by atoms with van der Waals surface area (Å²) in [6.45, 7) is 2.09. The Labute approximate surface area is 131 Å². The van der Waals surface area contributed by atoms with Crippen molar-refractivity contribution in [3.05, 3.63) is 78.4 Å². The highest BCUT2D eigenvalue weighted by Gasteiger charge is 2.09. The second-order valence-electron chi connectivity index (χ2n) is 5.05. The molecule has 0 unspecified atom stereocenters. The van der Waals surface area contributed by atoms with E-state index in [9.17, 15) is 9.90 Å². The maximum absolute atomic E-state index is 11.4. The molecule has 0 amide bonds. The summed E-state index contributed by atoms with van der Waals surface area (Å²) in [5.74, 6) is -0.909. The summed E-state index contributed by atoms with van der Waals surface area (Å²) in [7, 11) is 0. The van der Waals surface area contributed by atoms with Crippen LogP contribution in [0.5, 0.6) is 0 Å². The molecular formula is C20H20O2. The summed E-state index contributed by atoms with van der Waals surface area (Å²) in [5, 5.41) is 9.37. The molecule has 0 spiro atoms. The van der Waals surface area contributed by atoms with E-state index in [-0.39, 0.29) is 0 Å². The van der Waals surface area contributed by atoms with E-state index in [2.05, 4.69) is 6.92 Å². The van der Waals surface area contributed by atoms with Crippen LogP contribution in [0.4, 0.5) is 0 Å². The Morgan fingerprint density at radius 3 is 2.23 bits per heavy atom. The van der Waals surface area contributed by atoms with Gasteiger partial charge in [0.25, 0.3) is 0 Å². The van der Waals surface area contributed by atoms with Crippen LogP contribution in [0.2, 0.25) is 0 Å². The number of carbonyl (C=O) groups is 1. The first-order chi connectivity index (χ1) is 10.7. The highest BCUT2D eigenvalue weighted by Crippen LogP contribution is 2.22. The van der Waals surface area contributed by atoms with Gasteiger partial charge in [-0.1, -0.05) is 80.1 Å². The van der Waals surface area contributed by atoms with Crippen LogP contribution in [0, 0.1) is 0 Å². The van der Waals surface area contributed by atoms with Crippen LogP contribution in [-0.4, -0.2) is 11.1 Å². The number of allylic oxidation sites excluding steroid dienone is 3. The fourth-order valence-corrected chi connectivity index (χ4v) is 2.19. The topological polar surface area (TPSA) is 37.3 Å². The minimum absolute atomic E-state index is 0.312. The normalized spacial score (nSPS) is 11.8. The number of carboxylic acids is 1. The summed E-state index contributed by atoms with van der Waals surface area (Å²) in [4.78, 5) is 11.4. The lowest BCUT2D eigenvalue weighted by Crippen LogP contribution is -1.99. The SMILES string of the molecule is CCCC=CC=C(C(=O)O)c1ccc(-c2ccccc2)cc1. The van der Waals surface area contributed by atoms with Crippen molar-refractivity contribution in [1.82, 2.24) is 0 Å². The van der Waals surface area contributed by atoms with Gasteiger partial charge in [-0.3, -0.25) is 0 Å². The monoisotopic (exact) mass is 292 g/mol. The fraction of sp³-hybridized carbons (Fsp3) is 0.150. The molecule has 0 bridgehead atoms. The third-order valence-corrected chi connectivity index (χ3v) is 3.39. The molecule has 0 aliphatic heterocycles. The summed E-state index contributed by atoms with van der Waals surface area (Å²) >= 11 is 0. The van der Waals surface area contributed by atoms with Crippen molar-refractivity contribution in [2.75, 3.05) is 0 Å². The molecule has 112 valence electrons. The number of hydrogen-bond acceptors (Lipinski definition) is 1. The number of unbranched alkanes of at least 4 members (excludes halogenated alkanes) is 1. The Kier molecular flexibility index (Phi) is 5.73. The van der Waals surface area contributed by atoms with E-state index in [1.807, 2.05) is 66.7 Å². The van der Waals surface area contributed by atoms with Crippen LogP contribution in [-0.2, 0) is 4.79 Å². The summed E-state index contributed by atoms with van der Waals surface area (Å²) in [5.41, 5.74) is 3.23. The molecule has 0 fully saturated rings. The number of hydrogen-bond donors (Lipinski definition) is 1. The Hall–Kier alpha value is -2.61. The van der Waals surface area contributed by atoms with Crippen LogP contribution in [0.1, 0.15) is 25.3 Å². The molecule has 22 heavy (non-hydrogen) atoms. The van der Waals surface area contributed by atoms with E-state index in [0.717, 1.165) is 24.0 Å². The molecule has 2 aromatic carbocycles. The third-order valence-electron chi connectivity index (χ3n) is 3.39. The number of rotatable bonds is 6. The smallest absolute Gasteiger partial charge is 0.336 e. The number of carboxylic acid groups (broad SMARTS) is 1. The molecular weight excluding hydrogens is 272 g/mol. The highest BCUT2D eigenvalue weighted by atomic mass is 16.4. The second-order valence-corrected chi connectivity index (χ2v) is 5.05. The fourth-order valence-electron chi connectivity index (χ4n) is 2.19. The lowest BCUT2D eigenvalue weighted by Gasteiger charge is -2.05. The quantitative estimate of drug-likeness (QED) is 0.588. The van der Waals surface area contributed by atoms with Gasteiger partial charge in [0.05, 0.1) is 5.57 Å². The summed E-state index contributed by atoms with van der Waals surface area (Å²) in [6, 6.07) is 17.7. The van der Waals surface area contributed by atoms with Gasteiger partial charge in [-0.05, 0) is 29.2 Å². The Balaban J connectivity index is 2.25. The first kappa shape index (κ1) is 15.8. The molecule has 1 N–H and O–H groups in total. The van der Waals surface area contributed by atoms with Crippen molar-refractivity contribution in [3.63, 3.8) is 0 Å². The van der Waals surface area contributed by atoms with E-state index < -0.39 is 5.97 Å². The molecule has 0 atom stereocenters. The van der Waals surface area contributed by atoms with Crippen LogP contribution >= 0.6 is 0 Å². The average molecular weight is 292 g/mol. The third kappa shape index (κ3) is 4.19.